The molecule has 1 unspecified atom stereocenters. The lowest BCUT2D eigenvalue weighted by Crippen LogP contribution is -2.65. The summed E-state index contributed by atoms with van der Waals surface area (Å²) in [6.07, 6.45) is 6.31. The summed E-state index contributed by atoms with van der Waals surface area (Å²) in [5, 5.41) is 41.2. The Balaban J connectivity index is 0.000000436. The third-order valence-electron chi connectivity index (χ3n) is 10.2. The number of carbonyl (C=O) groups excluding carboxylic acids is 1. The highest BCUT2D eigenvalue weighted by molar-refractivity contribution is 5.93. The number of rotatable bonds is 6. The molecule has 0 saturated heterocycles. The number of Topliss-reactive ketones (excluding diaryl/α,β-unsaturated/α-hetero) is 1. The Morgan fingerprint density at radius 1 is 1.03 bits per heavy atom. The maximum absolute atomic E-state index is 13.9. The number of nitrogens with two attached hydrogens (primary N) is 1. The van der Waals surface area contributed by atoms with Crippen LogP contribution in [0.1, 0.15) is 66.2 Å². The number of fused-ring (bicyclic) bond motifs is 5. The molecule has 0 spiro atoms. The number of oxime groups is 1. The van der Waals surface area contributed by atoms with E-state index in [0.29, 0.717) is 31.2 Å². The Hall–Kier alpha value is -2.30. The molecular weight excluding hydrogens is 492 g/mol. The first kappa shape index (κ1) is 30.2. The number of carbonyl (C=O) groups is 3. The number of aliphatic carboxylic acids is 2. The van der Waals surface area contributed by atoms with Crippen molar-refractivity contribution in [3.63, 3.8) is 0 Å². The van der Waals surface area contributed by atoms with Gasteiger partial charge >= 0.3 is 11.9 Å². The Kier molecular flexibility index (Phi) is 9.10. The van der Waals surface area contributed by atoms with Crippen LogP contribution in [0.5, 0.6) is 0 Å². The van der Waals surface area contributed by atoms with Crippen LogP contribution in [0.2, 0.25) is 0 Å². The maximum atomic E-state index is 13.9. The van der Waals surface area contributed by atoms with E-state index in [0.717, 1.165) is 44.2 Å². The van der Waals surface area contributed by atoms with Crippen molar-refractivity contribution in [1.29, 1.82) is 0 Å². The van der Waals surface area contributed by atoms with Gasteiger partial charge in [-0.3, -0.25) is 4.79 Å². The van der Waals surface area contributed by atoms with Crippen LogP contribution < -0.4 is 5.73 Å². The first-order chi connectivity index (χ1) is 17.8. The average molecular weight is 537 g/mol. The summed E-state index contributed by atoms with van der Waals surface area (Å²) in [6.45, 7) is 9.57. The summed E-state index contributed by atoms with van der Waals surface area (Å²) in [5.41, 5.74) is 6.02. The van der Waals surface area contributed by atoms with Gasteiger partial charge < -0.3 is 31.0 Å². The van der Waals surface area contributed by atoms with E-state index in [1.54, 1.807) is 0 Å². The van der Waals surface area contributed by atoms with Crippen LogP contribution in [-0.2, 0) is 19.2 Å². The highest BCUT2D eigenvalue weighted by Gasteiger charge is 2.67. The molecular formula is C28H44N2O8. The smallest absolute Gasteiger partial charge is 0.328 e. The van der Waals surface area contributed by atoms with Gasteiger partial charge in [0.15, 0.2) is 0 Å². The number of carboxylic acids is 2. The summed E-state index contributed by atoms with van der Waals surface area (Å²) >= 11 is 0. The third-order valence-corrected chi connectivity index (χ3v) is 10.2. The van der Waals surface area contributed by atoms with Crippen LogP contribution in [0.3, 0.4) is 0 Å². The molecule has 0 aromatic rings. The molecule has 4 fully saturated rings. The van der Waals surface area contributed by atoms with Gasteiger partial charge in [0.25, 0.3) is 0 Å². The van der Waals surface area contributed by atoms with Crippen LogP contribution in [-0.4, -0.2) is 69.7 Å². The monoisotopic (exact) mass is 536 g/mol. The van der Waals surface area contributed by atoms with Crippen molar-refractivity contribution in [3.05, 3.63) is 12.2 Å². The molecule has 4 aliphatic rings. The van der Waals surface area contributed by atoms with E-state index in [1.807, 2.05) is 0 Å². The Labute approximate surface area is 224 Å². The third kappa shape index (κ3) is 5.27. The molecule has 4 saturated carbocycles. The second-order valence-corrected chi connectivity index (χ2v) is 12.4. The number of ketones is 1. The normalized spacial score (nSPS) is 40.5. The lowest BCUT2D eigenvalue weighted by molar-refractivity contribution is -0.178. The standard InChI is InChI=1S/C24H40N2O4.C4H4O4/c1-22(2)17(26-30-12-11-25)8-10-24(4)16-7-9-23(3)15(5-6-18(23)28)19(16)20(29)14(13-27)21(22)24;5-3(6)1-2-4(7)8/h14-16,18-19,21,27-28H,5-13,25H2,1-4H3;1-2H,(H,5,6)(H,7,8)/b26-17+;2-1+/t14-,15-,16-,18-,19-,21?,23-,24+;/m0./s1. The van der Waals surface area contributed by atoms with Gasteiger partial charge in [0, 0.05) is 35.9 Å². The molecule has 0 aromatic carbocycles. The first-order valence-corrected chi connectivity index (χ1v) is 13.6. The fraction of sp³-hybridized carbons (Fsp3) is 0.786. The molecule has 0 heterocycles. The highest BCUT2D eigenvalue weighted by Crippen LogP contribution is 2.68. The number of aliphatic hydroxyl groups excluding tert-OH is 2. The van der Waals surface area contributed by atoms with Gasteiger partial charge in [0.05, 0.1) is 18.4 Å². The molecule has 214 valence electrons. The van der Waals surface area contributed by atoms with Crippen LogP contribution in [0.15, 0.2) is 17.3 Å². The lowest BCUT2D eigenvalue weighted by atomic mass is 9.39. The second kappa shape index (κ2) is 11.4. The minimum Gasteiger partial charge on any atom is -0.478 e. The van der Waals surface area contributed by atoms with Crippen molar-refractivity contribution >= 4 is 23.4 Å². The van der Waals surface area contributed by atoms with Crippen molar-refractivity contribution in [1.82, 2.24) is 0 Å². The van der Waals surface area contributed by atoms with E-state index in [9.17, 15) is 24.6 Å². The fourth-order valence-corrected chi connectivity index (χ4v) is 8.59. The van der Waals surface area contributed by atoms with Crippen LogP contribution in [0.4, 0.5) is 0 Å². The van der Waals surface area contributed by atoms with Gasteiger partial charge in [-0.15, -0.1) is 0 Å². The van der Waals surface area contributed by atoms with E-state index in [1.165, 1.54) is 0 Å². The Morgan fingerprint density at radius 2 is 1.63 bits per heavy atom. The molecule has 0 aromatic heterocycles. The minimum atomic E-state index is -1.26. The zero-order chi connectivity index (χ0) is 28.5. The predicted molar refractivity (Wildman–Crippen MR) is 140 cm³/mol. The molecule has 0 bridgehead atoms. The molecule has 4 rings (SSSR count). The Bertz CT molecular complexity index is 962. The number of carboxylic acid groups (broad SMARTS) is 2. The number of hydrogen-bond acceptors (Lipinski definition) is 8. The molecule has 0 amide bonds. The SMILES string of the molecule is CC1(C)/C(=N/OCCN)CC[C@@]2(C)C1[C@@H](CO)C(=O)[C@H]1[C@@H]3CC[C@H](O)[C@@]3(C)CC[C@@H]12.O=C(O)/C=C/C(=O)O. The molecule has 10 nitrogen and oxygen atoms in total. The van der Waals surface area contributed by atoms with Crippen molar-refractivity contribution in [2.75, 3.05) is 19.8 Å². The van der Waals surface area contributed by atoms with E-state index in [-0.39, 0.29) is 58.4 Å². The number of aliphatic hydroxyl groups is 2. The molecule has 38 heavy (non-hydrogen) atoms. The Morgan fingerprint density at radius 3 is 2.18 bits per heavy atom. The first-order valence-electron chi connectivity index (χ1n) is 13.6. The van der Waals surface area contributed by atoms with Crippen LogP contribution >= 0.6 is 0 Å². The lowest BCUT2D eigenvalue weighted by Gasteiger charge is -2.64. The average Bonchev–Trinajstić information content (AvgIpc) is 3.15. The number of nitrogens with zero attached hydrogens (tertiary/aromatic N) is 1. The zero-order valence-corrected chi connectivity index (χ0v) is 22.9. The highest BCUT2D eigenvalue weighted by atomic mass is 16.6. The summed E-state index contributed by atoms with van der Waals surface area (Å²) in [6, 6.07) is 0. The van der Waals surface area contributed by atoms with E-state index in [4.69, 9.17) is 20.8 Å². The van der Waals surface area contributed by atoms with Gasteiger partial charge in [-0.1, -0.05) is 32.9 Å². The van der Waals surface area contributed by atoms with E-state index < -0.39 is 11.9 Å². The van der Waals surface area contributed by atoms with Gasteiger partial charge in [-0.05, 0) is 67.1 Å². The second-order valence-electron chi connectivity index (χ2n) is 12.4. The predicted octanol–water partition coefficient (Wildman–Crippen LogP) is 2.47. The molecule has 0 radical (unpaired) electrons. The molecule has 4 aliphatic carbocycles. The van der Waals surface area contributed by atoms with Crippen LogP contribution in [0.25, 0.3) is 0 Å². The quantitative estimate of drug-likeness (QED) is 0.194. The molecule has 10 heteroatoms. The van der Waals surface area contributed by atoms with E-state index >= 15 is 0 Å². The topological polar surface area (TPSA) is 180 Å². The van der Waals surface area contributed by atoms with Gasteiger partial charge in [0.1, 0.15) is 12.4 Å². The van der Waals surface area contributed by atoms with Crippen molar-refractivity contribution in [2.24, 2.45) is 56.7 Å². The molecule has 6 N–H and O–H groups in total. The summed E-state index contributed by atoms with van der Waals surface area (Å²) < 4.78 is 0. The minimum absolute atomic E-state index is 0.0305. The van der Waals surface area contributed by atoms with Gasteiger partial charge in [-0.25, -0.2) is 9.59 Å². The van der Waals surface area contributed by atoms with Crippen molar-refractivity contribution < 1.29 is 39.6 Å². The summed E-state index contributed by atoms with van der Waals surface area (Å²) in [7, 11) is 0. The fourth-order valence-electron chi connectivity index (χ4n) is 8.59. The molecule has 8 atom stereocenters. The maximum Gasteiger partial charge on any atom is 0.328 e. The van der Waals surface area contributed by atoms with Gasteiger partial charge in [0.2, 0.25) is 0 Å². The summed E-state index contributed by atoms with van der Waals surface area (Å²) in [5.74, 6) is -2.13. The van der Waals surface area contributed by atoms with Crippen LogP contribution in [0, 0.1) is 45.8 Å². The largest absolute Gasteiger partial charge is 0.478 e. The van der Waals surface area contributed by atoms with E-state index in [2.05, 4.69) is 32.9 Å². The molecule has 0 aliphatic heterocycles. The van der Waals surface area contributed by atoms with Crippen molar-refractivity contribution in [2.45, 2.75) is 72.3 Å². The zero-order valence-electron chi connectivity index (χ0n) is 22.9. The van der Waals surface area contributed by atoms with Crippen molar-refractivity contribution in [3.8, 4) is 0 Å². The summed E-state index contributed by atoms with van der Waals surface area (Å²) in [4.78, 5) is 38.5. The van der Waals surface area contributed by atoms with Gasteiger partial charge in [-0.2, -0.15) is 0 Å². The number of hydrogen-bond donors (Lipinski definition) is 5.